The summed E-state index contributed by atoms with van der Waals surface area (Å²) >= 11 is 0. The van der Waals surface area contributed by atoms with Gasteiger partial charge >= 0.3 is 6.18 Å². The predicted octanol–water partition coefficient (Wildman–Crippen LogP) is 3.14. The first-order chi connectivity index (χ1) is 13.9. The largest absolute Gasteiger partial charge is 0.421 e. The molecular formula is C18H14F3N7O. The molecule has 11 heteroatoms. The maximum Gasteiger partial charge on any atom is 0.421 e. The van der Waals surface area contributed by atoms with Crippen molar-refractivity contribution in [3.05, 3.63) is 59.8 Å². The molecule has 2 aromatic heterocycles. The molecule has 1 aliphatic rings. The Morgan fingerprint density at radius 3 is 2.69 bits per heavy atom. The van der Waals surface area contributed by atoms with Crippen molar-refractivity contribution in [1.29, 1.82) is 0 Å². The van der Waals surface area contributed by atoms with Crippen LogP contribution in [-0.2, 0) is 23.9 Å². The first-order valence-corrected chi connectivity index (χ1v) is 8.52. The molecule has 0 bridgehead atoms. The fourth-order valence-electron chi connectivity index (χ4n) is 2.80. The summed E-state index contributed by atoms with van der Waals surface area (Å²) in [5, 5.41) is 8.19. The highest BCUT2D eigenvalue weighted by molar-refractivity contribution is 5.99. The van der Waals surface area contributed by atoms with Gasteiger partial charge in [-0.1, -0.05) is 0 Å². The van der Waals surface area contributed by atoms with Crippen LogP contribution < -0.4 is 16.0 Å². The molecule has 0 aliphatic carbocycles. The molecule has 1 aliphatic heterocycles. The molecule has 4 rings (SSSR count). The van der Waals surface area contributed by atoms with Crippen LogP contribution in [0.3, 0.4) is 0 Å². The molecule has 8 nitrogen and oxygen atoms in total. The van der Waals surface area contributed by atoms with Crippen molar-refractivity contribution in [2.24, 2.45) is 0 Å². The van der Waals surface area contributed by atoms with E-state index in [0.29, 0.717) is 23.4 Å². The van der Waals surface area contributed by atoms with Crippen molar-refractivity contribution in [3.8, 4) is 0 Å². The maximum atomic E-state index is 13.3. The summed E-state index contributed by atoms with van der Waals surface area (Å²) in [6.45, 7) is -0.0347. The van der Waals surface area contributed by atoms with E-state index in [1.807, 2.05) is 0 Å². The third-order valence-electron chi connectivity index (χ3n) is 4.11. The van der Waals surface area contributed by atoms with Crippen LogP contribution in [0.2, 0.25) is 0 Å². The number of nitrogens with one attached hydrogen (secondary N) is 3. The quantitative estimate of drug-likeness (QED) is 0.603. The molecule has 0 radical (unpaired) electrons. The van der Waals surface area contributed by atoms with Gasteiger partial charge in [-0.2, -0.15) is 18.2 Å². The fraction of sp³-hybridized carbons (Fsp3) is 0.167. The van der Waals surface area contributed by atoms with E-state index in [1.54, 1.807) is 24.3 Å². The highest BCUT2D eigenvalue weighted by Gasteiger charge is 2.35. The molecule has 0 unspecified atom stereocenters. The van der Waals surface area contributed by atoms with Gasteiger partial charge in [-0.25, -0.2) is 15.0 Å². The van der Waals surface area contributed by atoms with Gasteiger partial charge in [-0.15, -0.1) is 0 Å². The highest BCUT2D eigenvalue weighted by atomic mass is 19.4. The lowest BCUT2D eigenvalue weighted by Gasteiger charge is -2.14. The minimum Gasteiger partial charge on any atom is -0.362 e. The van der Waals surface area contributed by atoms with E-state index >= 15 is 0 Å². The molecule has 3 heterocycles. The number of alkyl halides is 3. The van der Waals surface area contributed by atoms with E-state index in [0.717, 1.165) is 5.56 Å². The first-order valence-electron chi connectivity index (χ1n) is 8.52. The minimum absolute atomic E-state index is 0.0216. The van der Waals surface area contributed by atoms with Gasteiger partial charge < -0.3 is 16.0 Å². The van der Waals surface area contributed by atoms with Crippen LogP contribution in [0, 0.1) is 0 Å². The molecule has 0 atom stereocenters. The Kier molecular flexibility index (Phi) is 4.71. The second kappa shape index (κ2) is 7.34. The van der Waals surface area contributed by atoms with Crippen molar-refractivity contribution in [3.63, 3.8) is 0 Å². The van der Waals surface area contributed by atoms with Gasteiger partial charge in [0.15, 0.2) is 0 Å². The summed E-state index contributed by atoms with van der Waals surface area (Å²) in [5.41, 5.74) is 1.05. The van der Waals surface area contributed by atoms with Crippen molar-refractivity contribution < 1.29 is 18.0 Å². The third kappa shape index (κ3) is 4.23. The van der Waals surface area contributed by atoms with E-state index in [9.17, 15) is 18.0 Å². The SMILES string of the molecule is O=C1Cc2cc(Nc3ncc(C(F)(F)F)c(NCc4ncccn4)n3)ccc2N1. The molecule has 0 saturated carbocycles. The average molecular weight is 401 g/mol. The van der Waals surface area contributed by atoms with Gasteiger partial charge in [-0.3, -0.25) is 4.79 Å². The van der Waals surface area contributed by atoms with E-state index in [4.69, 9.17) is 0 Å². The molecule has 0 saturated heterocycles. The molecule has 1 amide bonds. The number of amides is 1. The van der Waals surface area contributed by atoms with Crippen molar-refractivity contribution in [2.75, 3.05) is 16.0 Å². The Bertz CT molecular complexity index is 1060. The standard InChI is InChI=1S/C18H14F3N7O/c19-18(20,21)12-8-25-17(28-16(12)24-9-14-22-4-1-5-23-14)26-11-2-3-13-10(6-11)7-15(29)27-13/h1-6,8H,7,9H2,(H,27,29)(H2,24,25,26,28). The second-order valence-electron chi connectivity index (χ2n) is 6.19. The lowest BCUT2D eigenvalue weighted by Crippen LogP contribution is -2.15. The summed E-state index contributed by atoms with van der Waals surface area (Å²) in [7, 11) is 0. The van der Waals surface area contributed by atoms with Crippen LogP contribution in [0.5, 0.6) is 0 Å². The van der Waals surface area contributed by atoms with Crippen LogP contribution in [0.15, 0.2) is 42.9 Å². The molecule has 148 valence electrons. The zero-order chi connectivity index (χ0) is 20.4. The van der Waals surface area contributed by atoms with Gasteiger partial charge in [0.05, 0.1) is 13.0 Å². The van der Waals surface area contributed by atoms with Crippen LogP contribution in [0.25, 0.3) is 0 Å². The Morgan fingerprint density at radius 2 is 1.93 bits per heavy atom. The molecule has 29 heavy (non-hydrogen) atoms. The highest BCUT2D eigenvalue weighted by Crippen LogP contribution is 2.34. The fourth-order valence-corrected chi connectivity index (χ4v) is 2.80. The topological polar surface area (TPSA) is 105 Å². The number of carbonyl (C=O) groups is 1. The summed E-state index contributed by atoms with van der Waals surface area (Å²) in [6, 6.07) is 6.71. The summed E-state index contributed by atoms with van der Waals surface area (Å²) < 4.78 is 39.9. The number of nitrogens with zero attached hydrogens (tertiary/aromatic N) is 4. The molecule has 3 N–H and O–H groups in total. The lowest BCUT2D eigenvalue weighted by atomic mass is 10.1. The zero-order valence-corrected chi connectivity index (χ0v) is 14.8. The van der Waals surface area contributed by atoms with E-state index < -0.39 is 11.7 Å². The minimum atomic E-state index is -4.63. The van der Waals surface area contributed by atoms with Gasteiger partial charge in [0.1, 0.15) is 17.2 Å². The monoisotopic (exact) mass is 401 g/mol. The molecule has 0 spiro atoms. The Labute approximate surface area is 162 Å². The number of anilines is 4. The van der Waals surface area contributed by atoms with E-state index in [1.165, 1.54) is 12.4 Å². The van der Waals surface area contributed by atoms with E-state index in [-0.39, 0.29) is 30.6 Å². The van der Waals surface area contributed by atoms with Crippen molar-refractivity contribution >= 4 is 29.0 Å². The van der Waals surface area contributed by atoms with Crippen LogP contribution in [0.4, 0.5) is 36.3 Å². The van der Waals surface area contributed by atoms with Crippen molar-refractivity contribution in [1.82, 2.24) is 19.9 Å². The lowest BCUT2D eigenvalue weighted by molar-refractivity contribution is -0.137. The maximum absolute atomic E-state index is 13.3. The van der Waals surface area contributed by atoms with Crippen LogP contribution in [-0.4, -0.2) is 25.8 Å². The number of hydrogen-bond acceptors (Lipinski definition) is 7. The molecule has 0 fully saturated rings. The Balaban J connectivity index is 1.58. The number of aromatic nitrogens is 4. The van der Waals surface area contributed by atoms with Gasteiger partial charge in [-0.05, 0) is 29.8 Å². The predicted molar refractivity (Wildman–Crippen MR) is 98.5 cm³/mol. The number of carbonyl (C=O) groups excluding carboxylic acids is 1. The first kappa shape index (κ1) is 18.6. The molecular weight excluding hydrogens is 387 g/mol. The summed E-state index contributed by atoms with van der Waals surface area (Å²) in [6.07, 6.45) is -0.688. The van der Waals surface area contributed by atoms with Gasteiger partial charge in [0, 0.05) is 30.0 Å². The Hall–Kier alpha value is -3.76. The number of rotatable bonds is 5. The molecule has 1 aromatic carbocycles. The third-order valence-corrected chi connectivity index (χ3v) is 4.11. The van der Waals surface area contributed by atoms with Crippen molar-refractivity contribution in [2.45, 2.75) is 19.1 Å². The van der Waals surface area contributed by atoms with Crippen LogP contribution in [0.1, 0.15) is 17.0 Å². The number of hydrogen-bond donors (Lipinski definition) is 3. The molecule has 3 aromatic rings. The number of halogens is 3. The van der Waals surface area contributed by atoms with Gasteiger partial charge in [0.25, 0.3) is 0 Å². The second-order valence-corrected chi connectivity index (χ2v) is 6.19. The number of fused-ring (bicyclic) bond motifs is 1. The smallest absolute Gasteiger partial charge is 0.362 e. The summed E-state index contributed by atoms with van der Waals surface area (Å²) in [5.74, 6) is -0.200. The van der Waals surface area contributed by atoms with Gasteiger partial charge in [0.2, 0.25) is 11.9 Å². The zero-order valence-electron chi connectivity index (χ0n) is 14.8. The average Bonchev–Trinajstić information content (AvgIpc) is 3.06. The summed E-state index contributed by atoms with van der Waals surface area (Å²) in [4.78, 5) is 27.1. The normalized spacial score (nSPS) is 13.0. The number of benzene rings is 1. The van der Waals surface area contributed by atoms with E-state index in [2.05, 4.69) is 35.9 Å². The van der Waals surface area contributed by atoms with Crippen LogP contribution >= 0.6 is 0 Å². The Morgan fingerprint density at radius 1 is 1.14 bits per heavy atom.